The molecule has 2 rings (SSSR count). The van der Waals surface area contributed by atoms with E-state index in [-0.39, 0.29) is 0 Å². The summed E-state index contributed by atoms with van der Waals surface area (Å²) >= 11 is 0. The molecule has 88 valence electrons. The van der Waals surface area contributed by atoms with Gasteiger partial charge in [-0.05, 0) is 24.5 Å². The Morgan fingerprint density at radius 2 is 2.24 bits per heavy atom. The van der Waals surface area contributed by atoms with Crippen LogP contribution < -0.4 is 0 Å². The number of aromatic nitrogens is 3. The normalized spacial score (nSPS) is 11.0. The Morgan fingerprint density at radius 1 is 1.47 bits per heavy atom. The molecular weight excluding hydrogens is 212 g/mol. The van der Waals surface area contributed by atoms with Crippen molar-refractivity contribution in [1.82, 2.24) is 14.5 Å². The van der Waals surface area contributed by atoms with Gasteiger partial charge in [-0.1, -0.05) is 13.8 Å². The van der Waals surface area contributed by atoms with Gasteiger partial charge < -0.3 is 0 Å². The van der Waals surface area contributed by atoms with Gasteiger partial charge in [-0.25, -0.2) is 9.97 Å². The maximum absolute atomic E-state index is 8.88. The van der Waals surface area contributed by atoms with Crippen molar-refractivity contribution in [3.63, 3.8) is 0 Å². The second-order valence-corrected chi connectivity index (χ2v) is 4.73. The van der Waals surface area contributed by atoms with Crippen LogP contribution in [0.5, 0.6) is 0 Å². The standard InChI is InChI=1S/C13H16N4/c1-9(2)6-12-16-11-7-10(3)8-15-13(11)17(12)5-4-14/h7-9H,5-6H2,1-3H3. The van der Waals surface area contributed by atoms with Crippen LogP contribution in [0.15, 0.2) is 12.3 Å². The smallest absolute Gasteiger partial charge is 0.160 e. The highest BCUT2D eigenvalue weighted by Crippen LogP contribution is 2.17. The molecule has 0 spiro atoms. The van der Waals surface area contributed by atoms with Crippen molar-refractivity contribution in [3.05, 3.63) is 23.7 Å². The fourth-order valence-electron chi connectivity index (χ4n) is 1.92. The minimum absolute atomic E-state index is 0.314. The van der Waals surface area contributed by atoms with Crippen LogP contribution in [0.1, 0.15) is 25.2 Å². The Hall–Kier alpha value is -1.89. The molecule has 2 heterocycles. The summed E-state index contributed by atoms with van der Waals surface area (Å²) in [6.45, 7) is 6.61. The van der Waals surface area contributed by atoms with E-state index in [1.807, 2.05) is 23.8 Å². The number of nitrogens with zero attached hydrogens (tertiary/aromatic N) is 4. The van der Waals surface area contributed by atoms with Crippen LogP contribution in [0.25, 0.3) is 11.2 Å². The lowest BCUT2D eigenvalue weighted by Crippen LogP contribution is -2.06. The van der Waals surface area contributed by atoms with Gasteiger partial charge in [0.2, 0.25) is 0 Å². The molecule has 0 fully saturated rings. The molecule has 0 radical (unpaired) electrons. The van der Waals surface area contributed by atoms with E-state index in [1.165, 1.54) is 0 Å². The van der Waals surface area contributed by atoms with Gasteiger partial charge in [0.25, 0.3) is 0 Å². The maximum Gasteiger partial charge on any atom is 0.160 e. The molecule has 0 N–H and O–H groups in total. The number of hydrogen-bond acceptors (Lipinski definition) is 3. The fourth-order valence-corrected chi connectivity index (χ4v) is 1.92. The number of aryl methyl sites for hydroxylation is 1. The predicted molar refractivity (Wildman–Crippen MR) is 66.4 cm³/mol. The Bertz CT molecular complexity index is 575. The van der Waals surface area contributed by atoms with Gasteiger partial charge in [0, 0.05) is 12.6 Å². The first-order valence-electron chi connectivity index (χ1n) is 5.80. The molecule has 2 aromatic rings. The van der Waals surface area contributed by atoms with Crippen molar-refractivity contribution in [1.29, 1.82) is 5.26 Å². The van der Waals surface area contributed by atoms with Gasteiger partial charge in [-0.15, -0.1) is 0 Å². The van der Waals surface area contributed by atoms with E-state index in [1.54, 1.807) is 0 Å². The third-order valence-corrected chi connectivity index (χ3v) is 2.62. The average molecular weight is 228 g/mol. The fraction of sp³-hybridized carbons (Fsp3) is 0.462. The second-order valence-electron chi connectivity index (χ2n) is 4.73. The minimum atomic E-state index is 0.314. The third kappa shape index (κ3) is 2.28. The first-order valence-corrected chi connectivity index (χ1v) is 5.80. The summed E-state index contributed by atoms with van der Waals surface area (Å²) in [5, 5.41) is 8.88. The van der Waals surface area contributed by atoms with Crippen LogP contribution in [0.4, 0.5) is 0 Å². The molecule has 0 aliphatic heterocycles. The summed E-state index contributed by atoms with van der Waals surface area (Å²) in [5.74, 6) is 1.47. The average Bonchev–Trinajstić information content (AvgIpc) is 2.55. The summed E-state index contributed by atoms with van der Waals surface area (Å²) in [6, 6.07) is 4.19. The number of pyridine rings is 1. The van der Waals surface area contributed by atoms with Gasteiger partial charge in [0.15, 0.2) is 5.65 Å². The van der Waals surface area contributed by atoms with Crippen molar-refractivity contribution in [2.75, 3.05) is 0 Å². The SMILES string of the molecule is Cc1cnc2c(c1)nc(CC(C)C)n2CC#N. The van der Waals surface area contributed by atoms with Crippen LogP contribution >= 0.6 is 0 Å². The first kappa shape index (κ1) is 11.6. The van der Waals surface area contributed by atoms with Gasteiger partial charge in [0.1, 0.15) is 17.9 Å². The lowest BCUT2D eigenvalue weighted by atomic mass is 10.1. The van der Waals surface area contributed by atoms with E-state index in [0.717, 1.165) is 29.0 Å². The van der Waals surface area contributed by atoms with Gasteiger partial charge in [0.05, 0.1) is 6.07 Å². The van der Waals surface area contributed by atoms with Crippen molar-refractivity contribution in [2.45, 2.75) is 33.7 Å². The van der Waals surface area contributed by atoms with Crippen molar-refractivity contribution in [2.24, 2.45) is 5.92 Å². The lowest BCUT2D eigenvalue weighted by molar-refractivity contribution is 0.597. The van der Waals surface area contributed by atoms with Crippen LogP contribution in [-0.4, -0.2) is 14.5 Å². The molecule has 0 unspecified atom stereocenters. The second kappa shape index (κ2) is 4.54. The molecule has 2 aromatic heterocycles. The van der Waals surface area contributed by atoms with Crippen molar-refractivity contribution < 1.29 is 0 Å². The molecular formula is C13H16N4. The summed E-state index contributed by atoms with van der Waals surface area (Å²) in [5.41, 5.74) is 2.79. The van der Waals surface area contributed by atoms with Crippen LogP contribution in [0.3, 0.4) is 0 Å². The van der Waals surface area contributed by atoms with E-state index < -0.39 is 0 Å². The van der Waals surface area contributed by atoms with E-state index in [9.17, 15) is 0 Å². The van der Waals surface area contributed by atoms with E-state index in [2.05, 4.69) is 29.9 Å². The number of fused-ring (bicyclic) bond motifs is 1. The lowest BCUT2D eigenvalue weighted by Gasteiger charge is -2.05. The van der Waals surface area contributed by atoms with E-state index >= 15 is 0 Å². The third-order valence-electron chi connectivity index (χ3n) is 2.62. The van der Waals surface area contributed by atoms with Crippen LogP contribution in [0.2, 0.25) is 0 Å². The zero-order valence-corrected chi connectivity index (χ0v) is 10.4. The molecule has 4 heteroatoms. The molecule has 0 saturated heterocycles. The molecule has 0 amide bonds. The van der Waals surface area contributed by atoms with Crippen LogP contribution in [0, 0.1) is 24.2 Å². The van der Waals surface area contributed by atoms with Crippen molar-refractivity contribution in [3.8, 4) is 6.07 Å². The summed E-state index contributed by atoms with van der Waals surface area (Å²) in [4.78, 5) is 8.96. The number of imidazole rings is 1. The minimum Gasteiger partial charge on any atom is -0.299 e. The quantitative estimate of drug-likeness (QED) is 0.810. The molecule has 4 nitrogen and oxygen atoms in total. The summed E-state index contributed by atoms with van der Waals surface area (Å²) in [7, 11) is 0. The molecule has 0 atom stereocenters. The van der Waals surface area contributed by atoms with E-state index in [4.69, 9.17) is 5.26 Å². The number of nitriles is 1. The molecule has 0 bridgehead atoms. The molecule has 0 aliphatic rings. The topological polar surface area (TPSA) is 54.5 Å². The van der Waals surface area contributed by atoms with Gasteiger partial charge >= 0.3 is 0 Å². The van der Waals surface area contributed by atoms with Gasteiger partial charge in [-0.3, -0.25) is 4.57 Å². The Kier molecular flexibility index (Phi) is 3.10. The predicted octanol–water partition coefficient (Wildman–Crippen LogP) is 2.46. The molecule has 17 heavy (non-hydrogen) atoms. The Labute approximate surface area is 101 Å². The Balaban J connectivity index is 2.58. The van der Waals surface area contributed by atoms with Crippen molar-refractivity contribution >= 4 is 11.2 Å². The molecule has 0 saturated carbocycles. The zero-order valence-electron chi connectivity index (χ0n) is 10.4. The Morgan fingerprint density at radius 3 is 2.88 bits per heavy atom. The largest absolute Gasteiger partial charge is 0.299 e. The highest BCUT2D eigenvalue weighted by molar-refractivity contribution is 5.72. The summed E-state index contributed by atoms with van der Waals surface area (Å²) < 4.78 is 1.91. The monoisotopic (exact) mass is 228 g/mol. The van der Waals surface area contributed by atoms with E-state index in [0.29, 0.717) is 12.5 Å². The summed E-state index contributed by atoms with van der Waals surface area (Å²) in [6.07, 6.45) is 2.69. The van der Waals surface area contributed by atoms with Gasteiger partial charge in [-0.2, -0.15) is 5.26 Å². The number of rotatable bonds is 3. The molecule has 0 aliphatic carbocycles. The zero-order chi connectivity index (χ0) is 12.4. The maximum atomic E-state index is 8.88. The highest BCUT2D eigenvalue weighted by atomic mass is 15.1. The number of hydrogen-bond donors (Lipinski definition) is 0. The van der Waals surface area contributed by atoms with Crippen LogP contribution in [-0.2, 0) is 13.0 Å². The molecule has 0 aromatic carbocycles. The highest BCUT2D eigenvalue weighted by Gasteiger charge is 2.12. The first-order chi connectivity index (χ1) is 8.11.